The Labute approximate surface area is 155 Å². The summed E-state index contributed by atoms with van der Waals surface area (Å²) in [5.41, 5.74) is 3.66. The van der Waals surface area contributed by atoms with E-state index in [2.05, 4.69) is 10.4 Å². The summed E-state index contributed by atoms with van der Waals surface area (Å²) in [7, 11) is -0.931. The zero-order valence-corrected chi connectivity index (χ0v) is 15.4. The number of aromatic nitrogens is 2. The van der Waals surface area contributed by atoms with E-state index in [4.69, 9.17) is 0 Å². The first-order valence-corrected chi connectivity index (χ1v) is 10.1. The first kappa shape index (κ1) is 18.1. The summed E-state index contributed by atoms with van der Waals surface area (Å²) in [6, 6.07) is 17.2. The number of benzene rings is 2. The lowest BCUT2D eigenvalue weighted by Gasteiger charge is -2.11. The third-order valence-corrected chi connectivity index (χ3v) is 4.75. The van der Waals surface area contributed by atoms with E-state index in [-0.39, 0.29) is 5.91 Å². The van der Waals surface area contributed by atoms with E-state index in [9.17, 15) is 9.00 Å². The topological polar surface area (TPSA) is 64.0 Å². The summed E-state index contributed by atoms with van der Waals surface area (Å²) in [6.45, 7) is 1.11. The molecule has 1 N–H and O–H groups in total. The van der Waals surface area contributed by atoms with Crippen LogP contribution in [0.25, 0.3) is 0 Å². The van der Waals surface area contributed by atoms with Gasteiger partial charge in [0.05, 0.1) is 6.54 Å². The molecule has 6 heteroatoms. The van der Waals surface area contributed by atoms with Crippen LogP contribution in [0.1, 0.15) is 27.0 Å². The quantitative estimate of drug-likeness (QED) is 0.698. The SMILES string of the molecule is CS(=O)Cc1cccc(C(=O)NCc2ccccc2Cn2cccn2)c1. The summed E-state index contributed by atoms with van der Waals surface area (Å²) in [6.07, 6.45) is 5.32. The molecule has 0 saturated heterocycles. The van der Waals surface area contributed by atoms with Crippen LogP contribution in [0.15, 0.2) is 67.0 Å². The molecule has 0 saturated carbocycles. The first-order valence-electron chi connectivity index (χ1n) is 8.33. The number of carbonyl (C=O) groups is 1. The molecule has 3 rings (SSSR count). The van der Waals surface area contributed by atoms with Crippen molar-refractivity contribution in [3.8, 4) is 0 Å². The van der Waals surface area contributed by atoms with Gasteiger partial charge in [-0.15, -0.1) is 0 Å². The summed E-state index contributed by atoms with van der Waals surface area (Å²) in [4.78, 5) is 12.5. The highest BCUT2D eigenvalue weighted by atomic mass is 32.2. The van der Waals surface area contributed by atoms with Gasteiger partial charge in [-0.1, -0.05) is 36.4 Å². The average Bonchev–Trinajstić information content (AvgIpc) is 3.13. The van der Waals surface area contributed by atoms with Crippen molar-refractivity contribution in [2.45, 2.75) is 18.8 Å². The molecule has 1 amide bonds. The highest BCUT2D eigenvalue weighted by Crippen LogP contribution is 2.12. The molecule has 5 nitrogen and oxygen atoms in total. The molecule has 0 fully saturated rings. The summed E-state index contributed by atoms with van der Waals surface area (Å²) >= 11 is 0. The standard InChI is InChI=1S/C20H21N3O2S/c1-26(25)15-16-6-4-9-17(12-16)20(24)21-13-18-7-2-3-8-19(18)14-23-11-5-10-22-23/h2-12H,13-15H2,1H3,(H,21,24). The van der Waals surface area contributed by atoms with Gasteiger partial charge in [-0.3, -0.25) is 13.7 Å². The largest absolute Gasteiger partial charge is 0.348 e. The predicted molar refractivity (Wildman–Crippen MR) is 103 cm³/mol. The van der Waals surface area contributed by atoms with Gasteiger partial charge in [0.1, 0.15) is 0 Å². The smallest absolute Gasteiger partial charge is 0.251 e. The molecular formula is C20H21N3O2S. The Morgan fingerprint density at radius 1 is 1.12 bits per heavy atom. The maximum Gasteiger partial charge on any atom is 0.251 e. The fraction of sp³-hybridized carbons (Fsp3) is 0.200. The second kappa shape index (κ2) is 8.58. The van der Waals surface area contributed by atoms with Crippen molar-refractivity contribution in [1.82, 2.24) is 15.1 Å². The molecule has 1 unspecified atom stereocenters. The van der Waals surface area contributed by atoms with Gasteiger partial charge in [0.15, 0.2) is 0 Å². The number of hydrogen-bond acceptors (Lipinski definition) is 3. The molecule has 0 aliphatic rings. The van der Waals surface area contributed by atoms with Crippen molar-refractivity contribution in [3.05, 3.63) is 89.2 Å². The molecule has 1 aromatic heterocycles. The zero-order chi connectivity index (χ0) is 18.4. The molecule has 0 spiro atoms. The van der Waals surface area contributed by atoms with Gasteiger partial charge >= 0.3 is 0 Å². The molecule has 1 atom stereocenters. The second-order valence-corrected chi connectivity index (χ2v) is 7.51. The minimum Gasteiger partial charge on any atom is -0.348 e. The highest BCUT2D eigenvalue weighted by Gasteiger charge is 2.09. The van der Waals surface area contributed by atoms with Gasteiger partial charge in [-0.2, -0.15) is 5.10 Å². The normalized spacial score (nSPS) is 11.9. The first-order chi connectivity index (χ1) is 12.6. The average molecular weight is 367 g/mol. The van der Waals surface area contributed by atoms with Crippen molar-refractivity contribution in [3.63, 3.8) is 0 Å². The van der Waals surface area contributed by atoms with E-state index in [1.54, 1.807) is 24.6 Å². The molecule has 0 aliphatic carbocycles. The van der Waals surface area contributed by atoms with Crippen molar-refractivity contribution in [1.29, 1.82) is 0 Å². The van der Waals surface area contributed by atoms with E-state index in [0.29, 0.717) is 24.4 Å². The van der Waals surface area contributed by atoms with Crippen molar-refractivity contribution in [2.24, 2.45) is 0 Å². The molecule has 2 aromatic carbocycles. The van der Waals surface area contributed by atoms with Gasteiger partial charge in [0, 0.05) is 47.3 Å². The van der Waals surface area contributed by atoms with E-state index in [1.165, 1.54) is 0 Å². The van der Waals surface area contributed by atoms with E-state index < -0.39 is 10.8 Å². The Bertz CT molecular complexity index is 907. The lowest BCUT2D eigenvalue weighted by molar-refractivity contribution is 0.0950. The lowest BCUT2D eigenvalue weighted by Crippen LogP contribution is -2.23. The molecule has 0 aliphatic heterocycles. The van der Waals surface area contributed by atoms with Crippen molar-refractivity contribution >= 4 is 16.7 Å². The zero-order valence-electron chi connectivity index (χ0n) is 14.6. The van der Waals surface area contributed by atoms with E-state index in [0.717, 1.165) is 16.7 Å². The summed E-state index contributed by atoms with van der Waals surface area (Å²) in [5.74, 6) is 0.316. The number of rotatable bonds is 7. The van der Waals surface area contributed by atoms with Crippen LogP contribution in [0, 0.1) is 0 Å². The number of nitrogens with zero attached hydrogens (tertiary/aromatic N) is 2. The van der Waals surface area contributed by atoms with Gasteiger partial charge in [0.25, 0.3) is 5.91 Å². The molecule has 0 radical (unpaired) electrons. The lowest BCUT2D eigenvalue weighted by atomic mass is 10.1. The predicted octanol–water partition coefficient (Wildman–Crippen LogP) is 2.74. The third kappa shape index (κ3) is 4.89. The molecule has 1 heterocycles. The third-order valence-electron chi connectivity index (χ3n) is 4.01. The number of amides is 1. The summed E-state index contributed by atoms with van der Waals surface area (Å²) in [5, 5.41) is 7.20. The van der Waals surface area contributed by atoms with Crippen LogP contribution in [-0.4, -0.2) is 26.2 Å². The van der Waals surface area contributed by atoms with Crippen LogP contribution < -0.4 is 5.32 Å². The fourth-order valence-electron chi connectivity index (χ4n) is 2.77. The van der Waals surface area contributed by atoms with Gasteiger partial charge in [-0.25, -0.2) is 0 Å². The number of carbonyl (C=O) groups excluding carboxylic acids is 1. The van der Waals surface area contributed by atoms with Crippen LogP contribution in [0.3, 0.4) is 0 Å². The molecular weight excluding hydrogens is 346 g/mol. The maximum atomic E-state index is 12.5. The molecule has 26 heavy (non-hydrogen) atoms. The minimum absolute atomic E-state index is 0.136. The van der Waals surface area contributed by atoms with Gasteiger partial charge < -0.3 is 5.32 Å². The minimum atomic E-state index is -0.931. The fourth-order valence-corrected chi connectivity index (χ4v) is 3.42. The molecule has 0 bridgehead atoms. The maximum absolute atomic E-state index is 12.5. The van der Waals surface area contributed by atoms with Crippen LogP contribution >= 0.6 is 0 Å². The Morgan fingerprint density at radius 3 is 2.65 bits per heavy atom. The Kier molecular flexibility index (Phi) is 5.96. The second-order valence-electron chi connectivity index (χ2n) is 6.07. The molecule has 134 valence electrons. The molecule has 3 aromatic rings. The van der Waals surface area contributed by atoms with Crippen LogP contribution in [0.5, 0.6) is 0 Å². The Hall–Kier alpha value is -2.73. The van der Waals surface area contributed by atoms with Gasteiger partial charge in [0.2, 0.25) is 0 Å². The van der Waals surface area contributed by atoms with Crippen molar-refractivity contribution in [2.75, 3.05) is 6.26 Å². The van der Waals surface area contributed by atoms with Gasteiger partial charge in [-0.05, 0) is 34.9 Å². The van der Waals surface area contributed by atoms with Crippen LogP contribution in [0.4, 0.5) is 0 Å². The highest BCUT2D eigenvalue weighted by molar-refractivity contribution is 7.83. The summed E-state index contributed by atoms with van der Waals surface area (Å²) < 4.78 is 13.2. The monoisotopic (exact) mass is 367 g/mol. The number of nitrogens with one attached hydrogen (secondary N) is 1. The van der Waals surface area contributed by atoms with E-state index in [1.807, 2.05) is 53.3 Å². The number of hydrogen-bond donors (Lipinski definition) is 1. The van der Waals surface area contributed by atoms with Crippen LogP contribution in [0.2, 0.25) is 0 Å². The Morgan fingerprint density at radius 2 is 1.92 bits per heavy atom. The van der Waals surface area contributed by atoms with Crippen LogP contribution in [-0.2, 0) is 29.6 Å². The van der Waals surface area contributed by atoms with Crippen molar-refractivity contribution < 1.29 is 9.00 Å². The van der Waals surface area contributed by atoms with E-state index >= 15 is 0 Å². The Balaban J connectivity index is 1.67.